The van der Waals surface area contributed by atoms with Crippen molar-refractivity contribution in [3.8, 4) is 0 Å². The van der Waals surface area contributed by atoms with E-state index in [1.807, 2.05) is 0 Å². The molecule has 0 saturated carbocycles. The molecule has 0 amide bonds. The highest BCUT2D eigenvalue weighted by Crippen LogP contribution is 2.35. The van der Waals surface area contributed by atoms with Gasteiger partial charge in [-0.1, -0.05) is 11.8 Å². The summed E-state index contributed by atoms with van der Waals surface area (Å²) in [7, 11) is 0. The Kier molecular flexibility index (Phi) is 4.09. The maximum atomic E-state index is 11.8. The average molecular weight is 229 g/mol. The van der Waals surface area contributed by atoms with Crippen LogP contribution in [0.5, 0.6) is 0 Å². The van der Waals surface area contributed by atoms with Crippen molar-refractivity contribution < 1.29 is 18.3 Å². The molecular weight excluding hydrogens is 215 g/mol. The fourth-order valence-corrected chi connectivity index (χ4v) is 2.37. The first-order valence-electron chi connectivity index (χ1n) is 4.50. The predicted molar refractivity (Wildman–Crippen MR) is 50.1 cm³/mol. The summed E-state index contributed by atoms with van der Waals surface area (Å²) in [4.78, 5) is 0. The summed E-state index contributed by atoms with van der Waals surface area (Å²) in [6.07, 6.45) is 1.18. The Morgan fingerprint density at radius 2 is 2.14 bits per heavy atom. The molecule has 0 aliphatic carbocycles. The number of rotatable bonds is 4. The second-order valence-electron chi connectivity index (χ2n) is 3.63. The summed E-state index contributed by atoms with van der Waals surface area (Å²) in [6.45, 7) is 1.39. The number of aliphatic hydroxyl groups excluding tert-OH is 1. The maximum absolute atomic E-state index is 11.8. The molecule has 1 aliphatic heterocycles. The molecule has 1 saturated heterocycles. The molecule has 0 spiro atoms. The van der Waals surface area contributed by atoms with Gasteiger partial charge < -0.3 is 10.4 Å². The molecule has 0 aromatic heterocycles. The van der Waals surface area contributed by atoms with Crippen molar-refractivity contribution >= 4 is 11.8 Å². The Bertz CT molecular complexity index is 180. The summed E-state index contributed by atoms with van der Waals surface area (Å²) in [5.41, 5.74) is -4.47. The molecule has 1 atom stereocenters. The molecule has 1 heterocycles. The average Bonchev–Trinajstić information content (AvgIpc) is 2.52. The number of nitrogens with one attached hydrogen (secondary N) is 1. The van der Waals surface area contributed by atoms with Crippen LogP contribution in [0.2, 0.25) is 0 Å². The first-order chi connectivity index (χ1) is 6.47. The quantitative estimate of drug-likeness (QED) is 0.768. The van der Waals surface area contributed by atoms with Crippen LogP contribution in [0, 0.1) is 5.41 Å². The van der Waals surface area contributed by atoms with Crippen molar-refractivity contribution in [2.45, 2.75) is 18.3 Å². The number of hydrogen-bond donors (Lipinski definition) is 2. The molecule has 0 aromatic rings. The van der Waals surface area contributed by atoms with E-state index in [0.717, 1.165) is 13.0 Å². The summed E-state index contributed by atoms with van der Waals surface area (Å²) < 4.78 is 35.5. The van der Waals surface area contributed by atoms with Gasteiger partial charge in [0.2, 0.25) is 0 Å². The zero-order chi connectivity index (χ0) is 10.7. The third-order valence-corrected chi connectivity index (χ3v) is 3.30. The molecule has 2 N–H and O–H groups in total. The summed E-state index contributed by atoms with van der Waals surface area (Å²) in [6, 6.07) is 0. The van der Waals surface area contributed by atoms with E-state index in [9.17, 15) is 13.2 Å². The van der Waals surface area contributed by atoms with Crippen LogP contribution in [0.1, 0.15) is 12.8 Å². The first kappa shape index (κ1) is 12.1. The smallest absolute Gasteiger partial charge is 0.396 e. The lowest BCUT2D eigenvalue weighted by Gasteiger charge is -2.25. The van der Waals surface area contributed by atoms with Crippen LogP contribution in [-0.4, -0.2) is 36.1 Å². The molecule has 1 rings (SSSR count). The second-order valence-corrected chi connectivity index (χ2v) is 4.79. The van der Waals surface area contributed by atoms with Crippen molar-refractivity contribution in [3.63, 3.8) is 0 Å². The van der Waals surface area contributed by atoms with E-state index in [-0.39, 0.29) is 29.5 Å². The summed E-state index contributed by atoms with van der Waals surface area (Å²) in [5, 5.41) is 12.2. The summed E-state index contributed by atoms with van der Waals surface area (Å²) in [5.74, 6) is 0.0335. The standard InChI is InChI=1S/C8H14F3NOS/c9-8(10,11)14-4-2-7(6-13)1-3-12-5-7/h12-13H,1-6H2. The van der Waals surface area contributed by atoms with E-state index in [4.69, 9.17) is 5.11 Å². The Morgan fingerprint density at radius 1 is 1.43 bits per heavy atom. The molecule has 1 aliphatic rings. The van der Waals surface area contributed by atoms with E-state index in [1.54, 1.807) is 0 Å². The zero-order valence-electron chi connectivity index (χ0n) is 7.73. The highest BCUT2D eigenvalue weighted by atomic mass is 32.2. The van der Waals surface area contributed by atoms with E-state index < -0.39 is 5.51 Å². The fraction of sp³-hybridized carbons (Fsp3) is 1.00. The Morgan fingerprint density at radius 3 is 2.57 bits per heavy atom. The van der Waals surface area contributed by atoms with Crippen molar-refractivity contribution in [1.82, 2.24) is 5.32 Å². The van der Waals surface area contributed by atoms with Crippen LogP contribution in [-0.2, 0) is 0 Å². The molecule has 0 radical (unpaired) electrons. The molecule has 2 nitrogen and oxygen atoms in total. The first-order valence-corrected chi connectivity index (χ1v) is 5.48. The third-order valence-electron chi connectivity index (χ3n) is 2.57. The van der Waals surface area contributed by atoms with Gasteiger partial charge in [-0.25, -0.2) is 0 Å². The van der Waals surface area contributed by atoms with Gasteiger partial charge in [-0.3, -0.25) is 0 Å². The van der Waals surface area contributed by atoms with E-state index in [1.165, 1.54) is 0 Å². The van der Waals surface area contributed by atoms with Crippen molar-refractivity contribution in [2.75, 3.05) is 25.4 Å². The third kappa shape index (κ3) is 3.67. The highest BCUT2D eigenvalue weighted by Gasteiger charge is 2.35. The number of hydrogen-bond acceptors (Lipinski definition) is 3. The van der Waals surface area contributed by atoms with Gasteiger partial charge in [-0.15, -0.1) is 0 Å². The molecular formula is C8H14F3NOS. The van der Waals surface area contributed by atoms with Crippen LogP contribution in [0.4, 0.5) is 13.2 Å². The number of halogens is 3. The van der Waals surface area contributed by atoms with Crippen molar-refractivity contribution in [1.29, 1.82) is 0 Å². The number of alkyl halides is 3. The number of thioether (sulfide) groups is 1. The van der Waals surface area contributed by atoms with Gasteiger partial charge in [-0.2, -0.15) is 13.2 Å². The molecule has 0 bridgehead atoms. The van der Waals surface area contributed by atoms with Crippen molar-refractivity contribution in [3.05, 3.63) is 0 Å². The molecule has 84 valence electrons. The van der Waals surface area contributed by atoms with Crippen LogP contribution >= 0.6 is 11.8 Å². The fourth-order valence-electron chi connectivity index (χ4n) is 1.61. The SMILES string of the molecule is OCC1(CCSC(F)(F)F)CCNC1. The minimum absolute atomic E-state index is 0.00456. The normalized spacial score (nSPS) is 28.3. The largest absolute Gasteiger partial charge is 0.441 e. The molecule has 1 unspecified atom stereocenters. The molecule has 6 heteroatoms. The lowest BCUT2D eigenvalue weighted by atomic mass is 9.85. The zero-order valence-corrected chi connectivity index (χ0v) is 8.55. The van der Waals surface area contributed by atoms with Gasteiger partial charge >= 0.3 is 5.51 Å². The van der Waals surface area contributed by atoms with Crippen LogP contribution in [0.25, 0.3) is 0 Å². The van der Waals surface area contributed by atoms with Gasteiger partial charge in [0.1, 0.15) is 0 Å². The molecule has 14 heavy (non-hydrogen) atoms. The Balaban J connectivity index is 2.28. The number of aliphatic hydroxyl groups is 1. The topological polar surface area (TPSA) is 32.3 Å². The Hall–Kier alpha value is 0.0600. The van der Waals surface area contributed by atoms with Gasteiger partial charge in [0.25, 0.3) is 0 Å². The molecule has 1 fully saturated rings. The highest BCUT2D eigenvalue weighted by molar-refractivity contribution is 8.00. The van der Waals surface area contributed by atoms with Gasteiger partial charge in [0.15, 0.2) is 0 Å². The minimum Gasteiger partial charge on any atom is -0.396 e. The lowest BCUT2D eigenvalue weighted by Crippen LogP contribution is -2.29. The second kappa shape index (κ2) is 4.72. The minimum atomic E-state index is -4.15. The van der Waals surface area contributed by atoms with Crippen LogP contribution < -0.4 is 5.32 Å². The predicted octanol–water partition coefficient (Wildman–Crippen LogP) is 1.60. The van der Waals surface area contributed by atoms with Gasteiger partial charge in [0.05, 0.1) is 0 Å². The van der Waals surface area contributed by atoms with E-state index in [0.29, 0.717) is 13.0 Å². The maximum Gasteiger partial charge on any atom is 0.441 e. The molecule has 0 aromatic carbocycles. The van der Waals surface area contributed by atoms with Crippen LogP contribution in [0.15, 0.2) is 0 Å². The van der Waals surface area contributed by atoms with Gasteiger partial charge in [0, 0.05) is 24.3 Å². The van der Waals surface area contributed by atoms with E-state index in [2.05, 4.69) is 5.32 Å². The lowest BCUT2D eigenvalue weighted by molar-refractivity contribution is -0.0329. The monoisotopic (exact) mass is 229 g/mol. The van der Waals surface area contributed by atoms with Gasteiger partial charge in [-0.05, 0) is 19.4 Å². The van der Waals surface area contributed by atoms with Crippen molar-refractivity contribution in [2.24, 2.45) is 5.41 Å². The Labute approximate surface area is 85.3 Å². The van der Waals surface area contributed by atoms with Crippen LogP contribution in [0.3, 0.4) is 0 Å². The summed E-state index contributed by atoms with van der Waals surface area (Å²) >= 11 is -0.00456. The van der Waals surface area contributed by atoms with E-state index >= 15 is 0 Å².